The van der Waals surface area contributed by atoms with Gasteiger partial charge in [0, 0.05) is 54.5 Å². The molecule has 0 unspecified atom stereocenters. The van der Waals surface area contributed by atoms with Crippen molar-refractivity contribution in [1.82, 2.24) is 10.2 Å². The molecule has 0 radical (unpaired) electrons. The number of aliphatic hydroxyl groups excluding tert-OH is 1. The molecular formula is C28H27N3O9S. The van der Waals surface area contributed by atoms with Gasteiger partial charge in [0.2, 0.25) is 0 Å². The van der Waals surface area contributed by atoms with Gasteiger partial charge in [-0.05, 0) is 54.2 Å². The van der Waals surface area contributed by atoms with Gasteiger partial charge in [0.05, 0.1) is 18.7 Å². The summed E-state index contributed by atoms with van der Waals surface area (Å²) in [5.41, 5.74) is 1.73. The molecule has 0 bridgehead atoms. The Labute approximate surface area is 238 Å². The summed E-state index contributed by atoms with van der Waals surface area (Å²) in [4.78, 5) is 47.4. The number of nitrogens with zero attached hydrogens (tertiary/aromatic N) is 1. The number of phenols is 1. The van der Waals surface area contributed by atoms with Crippen LogP contribution in [0.5, 0.6) is 5.75 Å². The third kappa shape index (κ3) is 7.63. The summed E-state index contributed by atoms with van der Waals surface area (Å²) in [6.45, 7) is 0.155. The molecule has 2 aromatic rings. The van der Waals surface area contributed by atoms with Crippen LogP contribution >= 0.6 is 12.2 Å². The third-order valence-electron chi connectivity index (χ3n) is 5.86. The normalized spacial score (nSPS) is 10.6. The number of rotatable bonds is 10. The Morgan fingerprint density at radius 1 is 1.02 bits per heavy atom. The first-order chi connectivity index (χ1) is 19.7. The predicted molar refractivity (Wildman–Crippen MR) is 156 cm³/mol. The lowest BCUT2D eigenvalue weighted by atomic mass is 9.90. The lowest BCUT2D eigenvalue weighted by Crippen LogP contribution is -2.39. The van der Waals surface area contributed by atoms with Crippen LogP contribution in [-0.4, -0.2) is 82.0 Å². The van der Waals surface area contributed by atoms with Crippen LogP contribution in [0.4, 0.5) is 5.69 Å². The molecule has 1 heterocycles. The van der Waals surface area contributed by atoms with E-state index >= 15 is 0 Å². The van der Waals surface area contributed by atoms with Gasteiger partial charge in [0.25, 0.3) is 0 Å². The first-order valence-electron chi connectivity index (χ1n) is 12.1. The van der Waals surface area contributed by atoms with Crippen molar-refractivity contribution >= 4 is 52.2 Å². The molecular weight excluding hydrogens is 554 g/mol. The van der Waals surface area contributed by atoms with Gasteiger partial charge >= 0.3 is 11.9 Å². The highest BCUT2D eigenvalue weighted by Gasteiger charge is 2.22. The van der Waals surface area contributed by atoms with Gasteiger partial charge in [0.1, 0.15) is 23.4 Å². The van der Waals surface area contributed by atoms with E-state index in [4.69, 9.17) is 26.8 Å². The van der Waals surface area contributed by atoms with Crippen LogP contribution in [0.3, 0.4) is 0 Å². The number of carboxylic acids is 2. The van der Waals surface area contributed by atoms with Gasteiger partial charge < -0.3 is 40.3 Å². The summed E-state index contributed by atoms with van der Waals surface area (Å²) in [6.07, 6.45) is 0.615. The van der Waals surface area contributed by atoms with E-state index < -0.39 is 11.9 Å². The fourth-order valence-electron chi connectivity index (χ4n) is 4.20. The number of nitrogens with one attached hydrogen (secondary N) is 2. The quantitative estimate of drug-likeness (QED) is 0.0911. The second-order valence-electron chi connectivity index (χ2n) is 8.56. The number of hydrogen-bond donors (Lipinski definition) is 6. The van der Waals surface area contributed by atoms with Crippen LogP contribution < -0.4 is 16.1 Å². The molecule has 1 aliphatic heterocycles. The summed E-state index contributed by atoms with van der Waals surface area (Å²) >= 11 is 5.29. The van der Waals surface area contributed by atoms with Crippen LogP contribution in [0.1, 0.15) is 10.4 Å². The zero-order valence-electron chi connectivity index (χ0n) is 21.8. The van der Waals surface area contributed by atoms with Gasteiger partial charge in [-0.3, -0.25) is 14.5 Å². The number of fused-ring (bicyclic) bond motifs is 2. The number of aromatic hydroxyl groups is 1. The lowest BCUT2D eigenvalue weighted by Gasteiger charge is -2.19. The molecule has 4 rings (SSSR count). The number of aromatic carboxylic acids is 1. The fourth-order valence-corrected chi connectivity index (χ4v) is 4.42. The van der Waals surface area contributed by atoms with E-state index in [2.05, 4.69) is 10.6 Å². The maximum atomic E-state index is 12.3. The second kappa shape index (κ2) is 14.0. The SMILES string of the molecule is CO.O=CCN(CCNC(=S)Nc1ccc(-c2c3ccc(=O)cc-3oc3cc(O)ccc23)c(C(=O)O)c1)CC(=O)O. The number of aliphatic hydroxyl groups is 1. The van der Waals surface area contributed by atoms with E-state index in [9.17, 15) is 29.4 Å². The first-order valence-corrected chi connectivity index (χ1v) is 12.5. The molecule has 2 aromatic carbocycles. The van der Waals surface area contributed by atoms with E-state index in [1.807, 2.05) is 0 Å². The van der Waals surface area contributed by atoms with Crippen molar-refractivity contribution < 1.29 is 39.2 Å². The maximum Gasteiger partial charge on any atom is 0.336 e. The van der Waals surface area contributed by atoms with Crippen LogP contribution in [-0.2, 0) is 9.59 Å². The topological polar surface area (TPSA) is 190 Å². The zero-order valence-corrected chi connectivity index (χ0v) is 22.6. The molecule has 214 valence electrons. The molecule has 41 heavy (non-hydrogen) atoms. The van der Waals surface area contributed by atoms with Crippen molar-refractivity contribution in [2.45, 2.75) is 0 Å². The Hall–Kier alpha value is -4.85. The lowest BCUT2D eigenvalue weighted by molar-refractivity contribution is -0.138. The Morgan fingerprint density at radius 2 is 1.76 bits per heavy atom. The summed E-state index contributed by atoms with van der Waals surface area (Å²) in [5, 5.41) is 42.5. The van der Waals surface area contributed by atoms with E-state index in [0.29, 0.717) is 34.1 Å². The van der Waals surface area contributed by atoms with Gasteiger partial charge in [-0.25, -0.2) is 4.79 Å². The number of aliphatic carboxylic acids is 1. The van der Waals surface area contributed by atoms with E-state index in [-0.39, 0.29) is 59.4 Å². The van der Waals surface area contributed by atoms with Gasteiger partial charge in [-0.15, -0.1) is 0 Å². The van der Waals surface area contributed by atoms with E-state index in [1.54, 1.807) is 24.3 Å². The Kier molecular flexibility index (Phi) is 10.5. The van der Waals surface area contributed by atoms with Crippen molar-refractivity contribution in [2.75, 3.05) is 38.6 Å². The molecule has 0 atom stereocenters. The van der Waals surface area contributed by atoms with E-state index in [0.717, 1.165) is 7.11 Å². The minimum Gasteiger partial charge on any atom is -0.508 e. The summed E-state index contributed by atoms with van der Waals surface area (Å²) in [6, 6.07) is 13.4. The Morgan fingerprint density at radius 3 is 2.44 bits per heavy atom. The molecule has 13 heteroatoms. The molecule has 1 aliphatic carbocycles. The number of benzene rings is 3. The number of carbonyl (C=O) groups is 3. The molecule has 0 fully saturated rings. The zero-order chi connectivity index (χ0) is 30.1. The Balaban J connectivity index is 0.00000226. The average molecular weight is 582 g/mol. The largest absolute Gasteiger partial charge is 0.508 e. The Bertz CT molecular complexity index is 1620. The second-order valence-corrected chi connectivity index (χ2v) is 8.97. The van der Waals surface area contributed by atoms with Crippen molar-refractivity contribution in [3.63, 3.8) is 0 Å². The van der Waals surface area contributed by atoms with Crippen molar-refractivity contribution in [2.24, 2.45) is 0 Å². The van der Waals surface area contributed by atoms with Crippen LogP contribution in [0.15, 0.2) is 63.8 Å². The molecule has 12 nitrogen and oxygen atoms in total. The highest BCUT2D eigenvalue weighted by molar-refractivity contribution is 7.80. The highest BCUT2D eigenvalue weighted by Crippen LogP contribution is 2.42. The summed E-state index contributed by atoms with van der Waals surface area (Å²) < 4.78 is 5.84. The first kappa shape index (κ1) is 30.7. The molecule has 2 aliphatic rings. The average Bonchev–Trinajstić information content (AvgIpc) is 2.92. The molecule has 6 N–H and O–H groups in total. The van der Waals surface area contributed by atoms with Gasteiger partial charge in [-0.2, -0.15) is 0 Å². The van der Waals surface area contributed by atoms with Crippen LogP contribution in [0.2, 0.25) is 0 Å². The third-order valence-corrected chi connectivity index (χ3v) is 6.11. The van der Waals surface area contributed by atoms with Crippen LogP contribution in [0, 0.1) is 0 Å². The molecule has 0 aromatic heterocycles. The standard InChI is InChI=1S/C27H23N3O8S.CH4O/c31-10-9-30(14-24(34)35)8-7-28-27(39)29-15-1-4-18(21(11-15)26(36)37)25-19-5-2-16(32)12-22(19)38-23-13-17(33)3-6-20(23)25;1-2/h1-6,10-13,32H,7-9,14H2,(H,34,35)(H,36,37)(H2,28,29,39);2H,1H3. The van der Waals surface area contributed by atoms with Gasteiger partial charge in [0.15, 0.2) is 10.5 Å². The number of phenolic OH excluding ortho intramolecular Hbond substituents is 1. The highest BCUT2D eigenvalue weighted by atomic mass is 32.1. The van der Waals surface area contributed by atoms with Crippen molar-refractivity contribution in [3.8, 4) is 28.2 Å². The summed E-state index contributed by atoms with van der Waals surface area (Å²) in [7, 11) is 1.00. The predicted octanol–water partition coefficient (Wildman–Crippen LogP) is 2.45. The number of aldehydes is 1. The smallest absolute Gasteiger partial charge is 0.336 e. The van der Waals surface area contributed by atoms with E-state index in [1.165, 1.54) is 35.2 Å². The molecule has 0 spiro atoms. The number of carbonyl (C=O) groups excluding carboxylic acids is 1. The minimum atomic E-state index is -1.20. The summed E-state index contributed by atoms with van der Waals surface area (Å²) in [5.74, 6) is -2.07. The molecule has 0 saturated carbocycles. The molecule has 0 amide bonds. The van der Waals surface area contributed by atoms with Gasteiger partial charge in [-0.1, -0.05) is 6.07 Å². The number of thiocarbonyl (C=S) groups is 1. The number of carboxylic acid groups (broad SMARTS) is 2. The van der Waals surface area contributed by atoms with Crippen LogP contribution in [0.25, 0.3) is 33.4 Å². The number of anilines is 1. The monoisotopic (exact) mass is 581 g/mol. The maximum absolute atomic E-state index is 12.3. The fraction of sp³-hybridized carbons (Fsp3) is 0.179. The number of hydrogen-bond acceptors (Lipinski definition) is 9. The van der Waals surface area contributed by atoms with Crippen molar-refractivity contribution in [3.05, 3.63) is 70.4 Å². The minimum absolute atomic E-state index is 0.0382. The van der Waals surface area contributed by atoms with Crippen molar-refractivity contribution in [1.29, 1.82) is 0 Å². The molecule has 0 saturated heterocycles.